The number of hydrogen-bond donors (Lipinski definition) is 3. The Bertz CT molecular complexity index is 297. The van der Waals surface area contributed by atoms with E-state index >= 15 is 0 Å². The fourth-order valence-electron chi connectivity index (χ4n) is 2.39. The second-order valence-corrected chi connectivity index (χ2v) is 5.08. The summed E-state index contributed by atoms with van der Waals surface area (Å²) in [6, 6.07) is -0.0175. The van der Waals surface area contributed by atoms with Crippen LogP contribution in [0.1, 0.15) is 32.1 Å². The van der Waals surface area contributed by atoms with Crippen LogP contribution in [-0.4, -0.2) is 55.2 Å². The fraction of sp³-hybridized carbons (Fsp3) is 0.846. The van der Waals surface area contributed by atoms with Crippen molar-refractivity contribution in [3.05, 3.63) is 0 Å². The van der Waals surface area contributed by atoms with Gasteiger partial charge in [0.2, 0.25) is 0 Å². The van der Waals surface area contributed by atoms with Gasteiger partial charge in [0, 0.05) is 26.1 Å². The molecule has 6 nitrogen and oxygen atoms in total. The van der Waals surface area contributed by atoms with Gasteiger partial charge >= 0.3 is 12.0 Å². The van der Waals surface area contributed by atoms with Gasteiger partial charge in [-0.2, -0.15) is 0 Å². The summed E-state index contributed by atoms with van der Waals surface area (Å²) in [4.78, 5) is 24.3. The molecule has 1 saturated heterocycles. The Morgan fingerprint density at radius 3 is 2.84 bits per heavy atom. The average Bonchev–Trinajstić information content (AvgIpc) is 2.41. The summed E-state index contributed by atoms with van der Waals surface area (Å²) in [5.41, 5.74) is 0. The van der Waals surface area contributed by atoms with Gasteiger partial charge in [-0.3, -0.25) is 4.79 Å². The molecule has 0 radical (unpaired) electrons. The van der Waals surface area contributed by atoms with E-state index in [9.17, 15) is 9.59 Å². The zero-order chi connectivity index (χ0) is 14.1. The first-order chi connectivity index (χ1) is 9.13. The lowest BCUT2D eigenvalue weighted by molar-refractivity contribution is -0.137. The molecule has 110 valence electrons. The highest BCUT2D eigenvalue weighted by Gasteiger charge is 2.23. The molecule has 0 spiro atoms. The Morgan fingerprint density at radius 2 is 2.16 bits per heavy atom. The maximum Gasteiger partial charge on any atom is 0.317 e. The predicted octanol–water partition coefficient (Wildman–Crippen LogP) is 0.882. The number of rotatable bonds is 7. The van der Waals surface area contributed by atoms with Crippen molar-refractivity contribution >= 4 is 12.0 Å². The van der Waals surface area contributed by atoms with Gasteiger partial charge in [-0.1, -0.05) is 0 Å². The highest BCUT2D eigenvalue weighted by Crippen LogP contribution is 2.20. The molecule has 1 heterocycles. The monoisotopic (exact) mass is 271 g/mol. The number of nitrogens with zero attached hydrogens (tertiary/aromatic N) is 1. The molecular weight excluding hydrogens is 246 g/mol. The maximum atomic E-state index is 11.9. The SMILES string of the molecule is CNCCCNC(=O)N1CCCC(CCC(=O)O)C1. The zero-order valence-electron chi connectivity index (χ0n) is 11.7. The van der Waals surface area contributed by atoms with Crippen LogP contribution in [0.4, 0.5) is 4.79 Å². The highest BCUT2D eigenvalue weighted by atomic mass is 16.4. The topological polar surface area (TPSA) is 81.7 Å². The molecule has 1 rings (SSSR count). The molecule has 1 aliphatic rings. The third-order valence-corrected chi connectivity index (χ3v) is 3.45. The first-order valence-electron chi connectivity index (χ1n) is 7.02. The van der Waals surface area contributed by atoms with Gasteiger partial charge in [0.25, 0.3) is 0 Å². The second kappa shape index (κ2) is 8.74. The minimum atomic E-state index is -0.756. The molecule has 1 fully saturated rings. The summed E-state index contributed by atoms with van der Waals surface area (Å²) in [6.45, 7) is 3.03. The number of carbonyl (C=O) groups is 2. The normalized spacial score (nSPS) is 19.2. The van der Waals surface area contributed by atoms with Crippen molar-refractivity contribution in [2.75, 3.05) is 33.2 Å². The van der Waals surface area contributed by atoms with Gasteiger partial charge in [0.1, 0.15) is 0 Å². The zero-order valence-corrected chi connectivity index (χ0v) is 11.7. The number of urea groups is 1. The van der Waals surface area contributed by atoms with Gasteiger partial charge in [-0.15, -0.1) is 0 Å². The van der Waals surface area contributed by atoms with Crippen molar-refractivity contribution in [2.24, 2.45) is 5.92 Å². The summed E-state index contributed by atoms with van der Waals surface area (Å²) >= 11 is 0. The first kappa shape index (κ1) is 15.8. The molecule has 1 aliphatic heterocycles. The summed E-state index contributed by atoms with van der Waals surface area (Å²) in [5.74, 6) is -0.429. The van der Waals surface area contributed by atoms with Crippen LogP contribution in [0.25, 0.3) is 0 Å². The van der Waals surface area contributed by atoms with Crippen LogP contribution in [0, 0.1) is 5.92 Å². The summed E-state index contributed by atoms with van der Waals surface area (Å²) in [6.07, 6.45) is 3.77. The third-order valence-electron chi connectivity index (χ3n) is 3.45. The molecule has 1 atom stereocenters. The number of piperidine rings is 1. The van der Waals surface area contributed by atoms with Crippen molar-refractivity contribution in [3.8, 4) is 0 Å². The number of likely N-dealkylation sites (tertiary alicyclic amines) is 1. The summed E-state index contributed by atoms with van der Waals surface area (Å²) < 4.78 is 0. The molecule has 0 aromatic rings. The van der Waals surface area contributed by atoms with E-state index < -0.39 is 5.97 Å². The molecule has 6 heteroatoms. The Morgan fingerprint density at radius 1 is 1.37 bits per heavy atom. The molecule has 3 N–H and O–H groups in total. The van der Waals surface area contributed by atoms with Gasteiger partial charge in [0.05, 0.1) is 0 Å². The number of carbonyl (C=O) groups excluding carboxylic acids is 1. The fourth-order valence-corrected chi connectivity index (χ4v) is 2.39. The Kier molecular flexibility index (Phi) is 7.25. The molecule has 0 aromatic carbocycles. The number of aliphatic carboxylic acids is 1. The van der Waals surface area contributed by atoms with Gasteiger partial charge in [-0.25, -0.2) is 4.79 Å². The van der Waals surface area contributed by atoms with Crippen LogP contribution in [0.15, 0.2) is 0 Å². The Labute approximate surface area is 114 Å². The Hall–Kier alpha value is -1.30. The first-order valence-corrected chi connectivity index (χ1v) is 7.02. The summed E-state index contributed by atoms with van der Waals surface area (Å²) in [5, 5.41) is 14.6. The van der Waals surface area contributed by atoms with E-state index in [1.807, 2.05) is 11.9 Å². The number of carboxylic acids is 1. The standard InChI is InChI=1S/C13H25N3O3/c1-14-7-3-8-15-13(19)16-9-2-4-11(10-16)5-6-12(17)18/h11,14H,2-10H2,1H3,(H,15,19)(H,17,18). The van der Waals surface area contributed by atoms with Crippen LogP contribution >= 0.6 is 0 Å². The smallest absolute Gasteiger partial charge is 0.317 e. The van der Waals surface area contributed by atoms with Crippen molar-refractivity contribution in [3.63, 3.8) is 0 Å². The Balaban J connectivity index is 2.24. The van der Waals surface area contributed by atoms with E-state index in [4.69, 9.17) is 5.11 Å². The number of hydrogen-bond acceptors (Lipinski definition) is 3. The lowest BCUT2D eigenvalue weighted by Crippen LogP contribution is -2.46. The van der Waals surface area contributed by atoms with Crippen LogP contribution in [-0.2, 0) is 4.79 Å². The molecule has 19 heavy (non-hydrogen) atoms. The molecule has 0 aromatic heterocycles. The lowest BCUT2D eigenvalue weighted by atomic mass is 9.93. The van der Waals surface area contributed by atoms with Crippen molar-refractivity contribution in [1.82, 2.24) is 15.5 Å². The molecule has 2 amide bonds. The van der Waals surface area contributed by atoms with E-state index in [0.29, 0.717) is 25.4 Å². The molecule has 0 saturated carbocycles. The van der Waals surface area contributed by atoms with Crippen molar-refractivity contribution in [2.45, 2.75) is 32.1 Å². The van der Waals surface area contributed by atoms with Crippen LogP contribution < -0.4 is 10.6 Å². The maximum absolute atomic E-state index is 11.9. The van der Waals surface area contributed by atoms with E-state index in [2.05, 4.69) is 10.6 Å². The van der Waals surface area contributed by atoms with Crippen LogP contribution in [0.5, 0.6) is 0 Å². The summed E-state index contributed by atoms with van der Waals surface area (Å²) in [7, 11) is 1.89. The van der Waals surface area contributed by atoms with Crippen LogP contribution in [0.2, 0.25) is 0 Å². The van der Waals surface area contributed by atoms with E-state index in [1.54, 1.807) is 0 Å². The third kappa shape index (κ3) is 6.42. The average molecular weight is 271 g/mol. The molecule has 0 bridgehead atoms. The highest BCUT2D eigenvalue weighted by molar-refractivity contribution is 5.74. The van der Waals surface area contributed by atoms with Crippen molar-refractivity contribution < 1.29 is 14.7 Å². The predicted molar refractivity (Wildman–Crippen MR) is 73.1 cm³/mol. The number of carboxylic acid groups (broad SMARTS) is 1. The van der Waals surface area contributed by atoms with E-state index in [-0.39, 0.29) is 12.5 Å². The minimum Gasteiger partial charge on any atom is -0.481 e. The molecule has 1 unspecified atom stereocenters. The molecular formula is C13H25N3O3. The van der Waals surface area contributed by atoms with Gasteiger partial charge in [0.15, 0.2) is 0 Å². The largest absolute Gasteiger partial charge is 0.481 e. The van der Waals surface area contributed by atoms with Crippen LogP contribution in [0.3, 0.4) is 0 Å². The van der Waals surface area contributed by atoms with E-state index in [0.717, 1.165) is 32.4 Å². The van der Waals surface area contributed by atoms with E-state index in [1.165, 1.54) is 0 Å². The minimum absolute atomic E-state index is 0.0175. The van der Waals surface area contributed by atoms with Gasteiger partial charge in [-0.05, 0) is 45.2 Å². The van der Waals surface area contributed by atoms with Gasteiger partial charge < -0.3 is 20.6 Å². The van der Waals surface area contributed by atoms with Crippen molar-refractivity contribution in [1.29, 1.82) is 0 Å². The molecule has 0 aliphatic carbocycles. The number of nitrogens with one attached hydrogen (secondary N) is 2. The number of amides is 2. The second-order valence-electron chi connectivity index (χ2n) is 5.08. The lowest BCUT2D eigenvalue weighted by Gasteiger charge is -2.32. The quantitative estimate of drug-likeness (QED) is 0.600.